The molecular formula is C19H30N4OS. The summed E-state index contributed by atoms with van der Waals surface area (Å²) in [4.78, 5) is 20.7. The minimum absolute atomic E-state index is 0.284. The molecule has 2 heterocycles. The Bertz CT molecular complexity index is 566. The van der Waals surface area contributed by atoms with Crippen molar-refractivity contribution in [3.63, 3.8) is 0 Å². The van der Waals surface area contributed by atoms with E-state index in [4.69, 9.17) is 4.99 Å². The molecule has 1 amide bonds. The highest BCUT2D eigenvalue weighted by molar-refractivity contribution is 7.09. The second kappa shape index (κ2) is 9.22. The van der Waals surface area contributed by atoms with Crippen LogP contribution >= 0.6 is 11.3 Å². The van der Waals surface area contributed by atoms with E-state index >= 15 is 0 Å². The zero-order valence-electron chi connectivity index (χ0n) is 15.2. The van der Waals surface area contributed by atoms with Gasteiger partial charge in [0.25, 0.3) is 0 Å². The predicted octanol–water partition coefficient (Wildman–Crippen LogP) is 2.64. The lowest BCUT2D eigenvalue weighted by molar-refractivity contribution is -0.134. The fourth-order valence-electron chi connectivity index (χ4n) is 3.76. The van der Waals surface area contributed by atoms with Gasteiger partial charge in [0.15, 0.2) is 5.96 Å². The zero-order chi connectivity index (χ0) is 17.5. The quantitative estimate of drug-likeness (QED) is 0.604. The molecule has 3 rings (SSSR count). The third-order valence-corrected chi connectivity index (χ3v) is 6.03. The lowest BCUT2D eigenvalue weighted by Crippen LogP contribution is -2.45. The van der Waals surface area contributed by atoms with Gasteiger partial charge in [-0.05, 0) is 37.6 Å². The number of hydrogen-bond acceptors (Lipinski definition) is 3. The summed E-state index contributed by atoms with van der Waals surface area (Å²) in [7, 11) is 0. The topological polar surface area (TPSA) is 56.7 Å². The molecule has 1 unspecified atom stereocenters. The molecule has 2 aliphatic rings. The summed E-state index contributed by atoms with van der Waals surface area (Å²) in [5.74, 6) is 1.53. The molecular weight excluding hydrogens is 332 g/mol. The molecule has 1 saturated heterocycles. The van der Waals surface area contributed by atoms with Crippen LogP contribution < -0.4 is 10.6 Å². The Kier molecular flexibility index (Phi) is 6.73. The van der Waals surface area contributed by atoms with Gasteiger partial charge in [0, 0.05) is 49.4 Å². The Labute approximate surface area is 154 Å². The lowest BCUT2D eigenvalue weighted by Gasteiger charge is -2.21. The predicted molar refractivity (Wildman–Crippen MR) is 104 cm³/mol. The van der Waals surface area contributed by atoms with Crippen LogP contribution in [0.2, 0.25) is 0 Å². The maximum atomic E-state index is 12.6. The van der Waals surface area contributed by atoms with E-state index in [-0.39, 0.29) is 5.92 Å². The van der Waals surface area contributed by atoms with E-state index in [9.17, 15) is 4.79 Å². The maximum Gasteiger partial charge on any atom is 0.225 e. The molecule has 2 N–H and O–H groups in total. The number of aliphatic imine (C=N–C) groups is 1. The Morgan fingerprint density at radius 1 is 1.36 bits per heavy atom. The molecule has 1 aromatic rings. The number of amides is 1. The van der Waals surface area contributed by atoms with Crippen molar-refractivity contribution >= 4 is 23.2 Å². The first-order valence-corrected chi connectivity index (χ1v) is 10.5. The largest absolute Gasteiger partial charge is 0.357 e. The van der Waals surface area contributed by atoms with Crippen LogP contribution in [0, 0.1) is 5.92 Å². The molecule has 0 bridgehead atoms. The van der Waals surface area contributed by atoms with Crippen molar-refractivity contribution in [2.75, 3.05) is 26.2 Å². The highest BCUT2D eigenvalue weighted by Gasteiger charge is 2.32. The monoisotopic (exact) mass is 362 g/mol. The third kappa shape index (κ3) is 5.21. The summed E-state index contributed by atoms with van der Waals surface area (Å²) in [6.07, 6.45) is 6.58. The van der Waals surface area contributed by atoms with E-state index < -0.39 is 0 Å². The van der Waals surface area contributed by atoms with Gasteiger partial charge in [-0.1, -0.05) is 18.9 Å². The molecule has 0 spiro atoms. The number of guanidine groups is 1. The van der Waals surface area contributed by atoms with Crippen molar-refractivity contribution in [1.82, 2.24) is 15.5 Å². The van der Waals surface area contributed by atoms with Crippen LogP contribution in [0.25, 0.3) is 0 Å². The Balaban J connectivity index is 1.47. The number of nitrogens with one attached hydrogen (secondary N) is 2. The molecule has 1 atom stereocenters. The van der Waals surface area contributed by atoms with Crippen LogP contribution in [-0.2, 0) is 11.2 Å². The zero-order valence-corrected chi connectivity index (χ0v) is 16.0. The minimum Gasteiger partial charge on any atom is -0.357 e. The molecule has 0 aromatic carbocycles. The summed E-state index contributed by atoms with van der Waals surface area (Å²) in [5, 5.41) is 8.96. The fourth-order valence-corrected chi connectivity index (χ4v) is 4.45. The average Bonchev–Trinajstić information content (AvgIpc) is 3.37. The molecule has 6 heteroatoms. The van der Waals surface area contributed by atoms with E-state index in [2.05, 4.69) is 40.0 Å². The van der Waals surface area contributed by atoms with E-state index in [1.807, 2.05) is 0 Å². The van der Waals surface area contributed by atoms with Crippen LogP contribution in [0.3, 0.4) is 0 Å². The van der Waals surface area contributed by atoms with Crippen LogP contribution in [-0.4, -0.2) is 49.0 Å². The number of likely N-dealkylation sites (tertiary alicyclic amines) is 1. The van der Waals surface area contributed by atoms with Crippen molar-refractivity contribution in [2.45, 2.75) is 51.5 Å². The summed E-state index contributed by atoms with van der Waals surface area (Å²) in [6.45, 7) is 5.41. The first kappa shape index (κ1) is 18.2. The second-order valence-corrected chi connectivity index (χ2v) is 8.02. The summed E-state index contributed by atoms with van der Waals surface area (Å²) >= 11 is 1.78. The SMILES string of the molecule is CCNC(=NCCc1cccs1)NC1CCN(C(=O)C2CCCC2)C1. The van der Waals surface area contributed by atoms with Gasteiger partial charge in [0.1, 0.15) is 0 Å². The van der Waals surface area contributed by atoms with E-state index in [1.54, 1.807) is 11.3 Å². The molecule has 25 heavy (non-hydrogen) atoms. The smallest absolute Gasteiger partial charge is 0.225 e. The number of carbonyl (C=O) groups is 1. The molecule has 5 nitrogen and oxygen atoms in total. The van der Waals surface area contributed by atoms with Crippen molar-refractivity contribution in [2.24, 2.45) is 10.9 Å². The van der Waals surface area contributed by atoms with Gasteiger partial charge in [-0.3, -0.25) is 9.79 Å². The van der Waals surface area contributed by atoms with E-state index in [1.165, 1.54) is 17.7 Å². The fraction of sp³-hybridized carbons (Fsp3) is 0.684. The highest BCUT2D eigenvalue weighted by atomic mass is 32.1. The Morgan fingerprint density at radius 2 is 2.20 bits per heavy atom. The summed E-state index contributed by atoms with van der Waals surface area (Å²) < 4.78 is 0. The van der Waals surface area contributed by atoms with Gasteiger partial charge < -0.3 is 15.5 Å². The minimum atomic E-state index is 0.284. The molecule has 1 aliphatic carbocycles. The molecule has 1 saturated carbocycles. The Morgan fingerprint density at radius 3 is 2.92 bits per heavy atom. The molecule has 1 aromatic heterocycles. The normalized spacial score (nSPS) is 21.7. The first-order chi connectivity index (χ1) is 12.3. The Hall–Kier alpha value is -1.56. The van der Waals surface area contributed by atoms with Gasteiger partial charge in [0.05, 0.1) is 0 Å². The number of hydrogen-bond donors (Lipinski definition) is 2. The van der Waals surface area contributed by atoms with Crippen molar-refractivity contribution in [3.05, 3.63) is 22.4 Å². The number of rotatable bonds is 6. The number of carbonyl (C=O) groups excluding carboxylic acids is 1. The van der Waals surface area contributed by atoms with Crippen LogP contribution in [0.4, 0.5) is 0 Å². The van der Waals surface area contributed by atoms with Gasteiger partial charge in [-0.2, -0.15) is 0 Å². The molecule has 138 valence electrons. The molecule has 1 aliphatic heterocycles. The van der Waals surface area contributed by atoms with Crippen LogP contribution in [0.15, 0.2) is 22.5 Å². The molecule has 0 radical (unpaired) electrons. The lowest BCUT2D eigenvalue weighted by atomic mass is 10.1. The highest BCUT2D eigenvalue weighted by Crippen LogP contribution is 2.27. The van der Waals surface area contributed by atoms with Gasteiger partial charge in [-0.25, -0.2) is 0 Å². The van der Waals surface area contributed by atoms with E-state index in [0.717, 1.165) is 57.8 Å². The van der Waals surface area contributed by atoms with Gasteiger partial charge >= 0.3 is 0 Å². The number of nitrogens with zero attached hydrogens (tertiary/aromatic N) is 2. The van der Waals surface area contributed by atoms with Gasteiger partial charge in [-0.15, -0.1) is 11.3 Å². The number of thiophene rings is 1. The molecule has 2 fully saturated rings. The maximum absolute atomic E-state index is 12.6. The standard InChI is InChI=1S/C19H30N4OS/c1-2-20-19(21-11-9-17-8-5-13-25-17)22-16-10-12-23(14-16)18(24)15-6-3-4-7-15/h5,8,13,15-16H,2-4,6-7,9-12,14H2,1H3,(H2,20,21,22). The van der Waals surface area contributed by atoms with Crippen molar-refractivity contribution in [1.29, 1.82) is 0 Å². The second-order valence-electron chi connectivity index (χ2n) is 6.99. The van der Waals surface area contributed by atoms with Gasteiger partial charge in [0.2, 0.25) is 5.91 Å². The summed E-state index contributed by atoms with van der Waals surface area (Å²) in [6, 6.07) is 4.55. The summed E-state index contributed by atoms with van der Waals surface area (Å²) in [5.41, 5.74) is 0. The van der Waals surface area contributed by atoms with Crippen molar-refractivity contribution < 1.29 is 4.79 Å². The first-order valence-electron chi connectivity index (χ1n) is 9.62. The van der Waals surface area contributed by atoms with E-state index in [0.29, 0.717) is 11.9 Å². The average molecular weight is 363 g/mol. The van der Waals surface area contributed by atoms with Crippen molar-refractivity contribution in [3.8, 4) is 0 Å². The third-order valence-electron chi connectivity index (χ3n) is 5.10. The van der Waals surface area contributed by atoms with Crippen LogP contribution in [0.5, 0.6) is 0 Å². The van der Waals surface area contributed by atoms with Crippen LogP contribution in [0.1, 0.15) is 43.9 Å².